The van der Waals surface area contributed by atoms with E-state index in [9.17, 15) is 0 Å². The van der Waals surface area contributed by atoms with Crippen molar-refractivity contribution in [3.05, 3.63) is 22.8 Å². The quantitative estimate of drug-likeness (QED) is 0.186. The second kappa shape index (κ2) is 13.1. The molecular formula is C21H37N5OS. The van der Waals surface area contributed by atoms with Crippen LogP contribution in [0, 0.1) is 5.92 Å². The van der Waals surface area contributed by atoms with E-state index in [0.717, 1.165) is 48.3 Å². The van der Waals surface area contributed by atoms with Gasteiger partial charge in [0.05, 0.1) is 24.4 Å². The zero-order valence-corrected chi connectivity index (χ0v) is 18.8. The van der Waals surface area contributed by atoms with Gasteiger partial charge in [-0.2, -0.15) is 0 Å². The van der Waals surface area contributed by atoms with E-state index >= 15 is 0 Å². The molecule has 2 aliphatic rings. The SMILES string of the molecule is C/C=C(SN(C)OC)\C(=N/CNCC1=CCCC(C)=N1)NCC1CCCCC1. The minimum atomic E-state index is 0.563. The molecule has 0 bridgehead atoms. The van der Waals surface area contributed by atoms with Gasteiger partial charge >= 0.3 is 0 Å². The van der Waals surface area contributed by atoms with Gasteiger partial charge in [0.1, 0.15) is 5.84 Å². The third-order valence-corrected chi connectivity index (χ3v) is 6.17. The molecule has 0 amide bonds. The zero-order valence-electron chi connectivity index (χ0n) is 18.0. The Morgan fingerprint density at radius 2 is 2.18 bits per heavy atom. The number of hydrogen-bond donors (Lipinski definition) is 2. The number of allylic oxidation sites excluding steroid dienone is 2. The first-order chi connectivity index (χ1) is 13.6. The molecule has 1 heterocycles. The van der Waals surface area contributed by atoms with Gasteiger partial charge in [0.25, 0.3) is 0 Å². The van der Waals surface area contributed by atoms with E-state index in [1.165, 1.54) is 37.8 Å². The van der Waals surface area contributed by atoms with Crippen molar-refractivity contribution < 1.29 is 4.84 Å². The monoisotopic (exact) mass is 407 g/mol. The van der Waals surface area contributed by atoms with E-state index in [1.807, 2.05) is 14.0 Å². The molecule has 0 aromatic rings. The minimum absolute atomic E-state index is 0.563. The van der Waals surface area contributed by atoms with Gasteiger partial charge in [0, 0.05) is 25.8 Å². The van der Waals surface area contributed by atoms with E-state index in [4.69, 9.17) is 9.83 Å². The van der Waals surface area contributed by atoms with Crippen molar-refractivity contribution in [1.29, 1.82) is 0 Å². The summed E-state index contributed by atoms with van der Waals surface area (Å²) in [6.07, 6.45) is 13.2. The molecule has 0 aromatic heterocycles. The van der Waals surface area contributed by atoms with Crippen molar-refractivity contribution in [2.75, 3.05) is 33.9 Å². The van der Waals surface area contributed by atoms with Gasteiger partial charge in [0.2, 0.25) is 0 Å². The van der Waals surface area contributed by atoms with E-state index < -0.39 is 0 Å². The Bertz CT molecular complexity index is 594. The van der Waals surface area contributed by atoms with Gasteiger partial charge in [0.15, 0.2) is 0 Å². The topological polar surface area (TPSA) is 61.2 Å². The molecule has 1 aliphatic carbocycles. The van der Waals surface area contributed by atoms with Crippen molar-refractivity contribution in [2.24, 2.45) is 15.9 Å². The Morgan fingerprint density at radius 3 is 2.86 bits per heavy atom. The van der Waals surface area contributed by atoms with Crippen LogP contribution >= 0.6 is 11.9 Å². The maximum Gasteiger partial charge on any atom is 0.137 e. The lowest BCUT2D eigenvalue weighted by atomic mass is 9.89. The van der Waals surface area contributed by atoms with Crippen LogP contribution in [0.1, 0.15) is 58.8 Å². The molecule has 1 saturated carbocycles. The molecule has 0 saturated heterocycles. The highest BCUT2D eigenvalue weighted by atomic mass is 32.2. The second-order valence-corrected chi connectivity index (χ2v) is 8.56. The summed E-state index contributed by atoms with van der Waals surface area (Å²) < 4.78 is 1.74. The Balaban J connectivity index is 1.92. The molecule has 7 heteroatoms. The molecule has 1 aliphatic heterocycles. The lowest BCUT2D eigenvalue weighted by molar-refractivity contribution is -0.0138. The molecule has 1 fully saturated rings. The second-order valence-electron chi connectivity index (χ2n) is 7.42. The van der Waals surface area contributed by atoms with Crippen LogP contribution in [0.25, 0.3) is 0 Å². The number of aliphatic imine (C=N–C) groups is 2. The van der Waals surface area contributed by atoms with Crippen molar-refractivity contribution in [3.63, 3.8) is 0 Å². The number of rotatable bonds is 10. The fourth-order valence-electron chi connectivity index (χ4n) is 3.49. The lowest BCUT2D eigenvalue weighted by Gasteiger charge is -2.24. The van der Waals surface area contributed by atoms with E-state index in [-0.39, 0.29) is 0 Å². The normalized spacial score (nSPS) is 19.6. The molecular weight excluding hydrogens is 370 g/mol. The van der Waals surface area contributed by atoms with Gasteiger partial charge in [-0.25, -0.2) is 0 Å². The van der Waals surface area contributed by atoms with Crippen LogP contribution in [-0.2, 0) is 4.84 Å². The summed E-state index contributed by atoms with van der Waals surface area (Å²) in [6, 6.07) is 0. The minimum Gasteiger partial charge on any atom is -0.369 e. The number of hydroxylamine groups is 1. The summed E-state index contributed by atoms with van der Waals surface area (Å²) in [5, 5.41) is 7.02. The van der Waals surface area contributed by atoms with Crippen LogP contribution in [0.3, 0.4) is 0 Å². The van der Waals surface area contributed by atoms with Gasteiger partial charge < -0.3 is 5.32 Å². The molecule has 28 heavy (non-hydrogen) atoms. The number of nitrogens with one attached hydrogen (secondary N) is 2. The largest absolute Gasteiger partial charge is 0.369 e. The van der Waals surface area contributed by atoms with Crippen molar-refractivity contribution in [3.8, 4) is 0 Å². The van der Waals surface area contributed by atoms with E-state index in [0.29, 0.717) is 6.67 Å². The summed E-state index contributed by atoms with van der Waals surface area (Å²) in [7, 11) is 3.58. The average Bonchev–Trinajstić information content (AvgIpc) is 2.72. The Labute approximate surface area is 175 Å². The molecule has 0 radical (unpaired) electrons. The fraction of sp³-hybridized carbons (Fsp3) is 0.714. The molecule has 6 nitrogen and oxygen atoms in total. The third-order valence-electron chi connectivity index (χ3n) is 5.14. The number of nitrogens with zero attached hydrogens (tertiary/aromatic N) is 3. The molecule has 0 unspecified atom stereocenters. The zero-order chi connectivity index (χ0) is 20.2. The van der Waals surface area contributed by atoms with Crippen LogP contribution in [0.2, 0.25) is 0 Å². The third kappa shape index (κ3) is 8.47. The molecule has 2 rings (SSSR count). The highest BCUT2D eigenvalue weighted by molar-refractivity contribution is 8.01. The molecule has 158 valence electrons. The molecule has 0 aromatic carbocycles. The van der Waals surface area contributed by atoms with Gasteiger partial charge in [-0.05, 0) is 57.4 Å². The van der Waals surface area contributed by atoms with Crippen LogP contribution in [0.15, 0.2) is 32.7 Å². The molecule has 0 atom stereocenters. The van der Waals surface area contributed by atoms with Crippen LogP contribution < -0.4 is 10.6 Å². The maximum atomic E-state index is 5.28. The first kappa shape index (κ1) is 23.1. The Kier molecular flexibility index (Phi) is 10.9. The number of hydrogen-bond acceptors (Lipinski definition) is 6. The summed E-state index contributed by atoms with van der Waals surface area (Å²) >= 11 is 1.54. The first-order valence-corrected chi connectivity index (χ1v) is 11.2. The lowest BCUT2D eigenvalue weighted by Crippen LogP contribution is -2.33. The van der Waals surface area contributed by atoms with Crippen LogP contribution in [0.4, 0.5) is 0 Å². The summed E-state index contributed by atoms with van der Waals surface area (Å²) in [5.41, 5.74) is 2.34. The predicted octanol–water partition coefficient (Wildman–Crippen LogP) is 4.29. The summed E-state index contributed by atoms with van der Waals surface area (Å²) in [4.78, 5) is 15.8. The van der Waals surface area contributed by atoms with E-state index in [2.05, 4.69) is 34.7 Å². The highest BCUT2D eigenvalue weighted by Crippen LogP contribution is 2.24. The molecule has 0 spiro atoms. The van der Waals surface area contributed by atoms with Gasteiger partial charge in [-0.3, -0.25) is 20.1 Å². The van der Waals surface area contributed by atoms with Gasteiger partial charge in [-0.15, -0.1) is 4.47 Å². The summed E-state index contributed by atoms with van der Waals surface area (Å²) in [6.45, 7) is 6.45. The smallest absolute Gasteiger partial charge is 0.137 e. The summed E-state index contributed by atoms with van der Waals surface area (Å²) in [5.74, 6) is 1.69. The van der Waals surface area contributed by atoms with Crippen LogP contribution in [0.5, 0.6) is 0 Å². The van der Waals surface area contributed by atoms with Crippen molar-refractivity contribution in [2.45, 2.75) is 58.8 Å². The standard InChI is InChI=1S/C21H37N5OS/c1-5-20(28-26(3)27-4)21(23-14-18-11-7-6-8-12-18)24-16-22-15-19-13-9-10-17(2)25-19/h5,13,18,22H,6-12,14-16H2,1-4H3,(H,23,24)/b20-5+. The number of amidine groups is 1. The molecule has 2 N–H and O–H groups in total. The van der Waals surface area contributed by atoms with E-state index in [1.54, 1.807) is 23.5 Å². The first-order valence-electron chi connectivity index (χ1n) is 10.5. The van der Waals surface area contributed by atoms with Crippen molar-refractivity contribution in [1.82, 2.24) is 15.1 Å². The fourth-order valence-corrected chi connectivity index (χ4v) is 4.17. The Hall–Kier alpha value is -1.15. The van der Waals surface area contributed by atoms with Gasteiger partial charge in [-0.1, -0.05) is 31.4 Å². The van der Waals surface area contributed by atoms with Crippen molar-refractivity contribution >= 4 is 23.5 Å². The predicted molar refractivity (Wildman–Crippen MR) is 121 cm³/mol. The van der Waals surface area contributed by atoms with Crippen LogP contribution in [-0.4, -0.2) is 49.9 Å². The average molecular weight is 408 g/mol. The maximum absolute atomic E-state index is 5.28. The highest BCUT2D eigenvalue weighted by Gasteiger charge is 2.16. The Morgan fingerprint density at radius 1 is 1.39 bits per heavy atom.